The van der Waals surface area contributed by atoms with Gasteiger partial charge in [0, 0.05) is 17.8 Å². The molecular weight excluding hydrogens is 362 g/mol. The molecule has 0 aliphatic rings. The summed E-state index contributed by atoms with van der Waals surface area (Å²) in [4.78, 5) is 33.9. The number of carboxylic acids is 1. The molecule has 2 aromatic rings. The molecule has 0 radical (unpaired) electrons. The fourth-order valence-corrected chi connectivity index (χ4v) is 2.78. The molecule has 0 aromatic carbocycles. The molecule has 0 bridgehead atoms. The summed E-state index contributed by atoms with van der Waals surface area (Å²) in [5.41, 5.74) is 5.23. The van der Waals surface area contributed by atoms with Gasteiger partial charge in [-0.15, -0.1) is 0 Å². The molecule has 10 heteroatoms. The molecule has 136 valence electrons. The summed E-state index contributed by atoms with van der Waals surface area (Å²) in [6.45, 7) is 0. The highest BCUT2D eigenvalue weighted by atomic mass is 32.2. The fraction of sp³-hybridized carbons (Fsp3) is 0.0625. The van der Waals surface area contributed by atoms with Gasteiger partial charge in [0.15, 0.2) is 17.4 Å². The first-order valence-electron chi connectivity index (χ1n) is 7.17. The van der Waals surface area contributed by atoms with Crippen LogP contribution in [0.3, 0.4) is 0 Å². The minimum atomic E-state index is -2.37. The standard InChI is InChI=1S/C16H15N3O6S/c17-13(21)5-4-10(9-26(24)25)14(16(22)23)18-15-11(8-20)7-12-3-1-2-6-19(12)15/h1-8,18H,9H2,(H2,17,21)(H,22,23)(H,24,25). The second-order valence-electron chi connectivity index (χ2n) is 5.09. The largest absolute Gasteiger partial charge is 0.477 e. The van der Waals surface area contributed by atoms with Crippen molar-refractivity contribution >= 4 is 40.6 Å². The van der Waals surface area contributed by atoms with Gasteiger partial charge >= 0.3 is 5.97 Å². The molecule has 0 saturated carbocycles. The van der Waals surface area contributed by atoms with E-state index >= 15 is 0 Å². The van der Waals surface area contributed by atoms with E-state index in [1.165, 1.54) is 0 Å². The van der Waals surface area contributed by atoms with Gasteiger partial charge in [0.2, 0.25) is 5.91 Å². The lowest BCUT2D eigenvalue weighted by molar-refractivity contribution is -0.132. The molecule has 0 fully saturated rings. The quantitative estimate of drug-likeness (QED) is 0.229. The van der Waals surface area contributed by atoms with Crippen molar-refractivity contribution < 1.29 is 28.3 Å². The van der Waals surface area contributed by atoms with Crippen molar-refractivity contribution in [3.05, 3.63) is 59.4 Å². The summed E-state index contributed by atoms with van der Waals surface area (Å²) in [5, 5.41) is 12.1. The van der Waals surface area contributed by atoms with Crippen LogP contribution in [0.1, 0.15) is 10.4 Å². The van der Waals surface area contributed by atoms with Crippen molar-refractivity contribution in [1.82, 2.24) is 4.40 Å². The topological polar surface area (TPSA) is 151 Å². The second kappa shape index (κ2) is 8.23. The molecule has 26 heavy (non-hydrogen) atoms. The van der Waals surface area contributed by atoms with E-state index in [-0.39, 0.29) is 17.0 Å². The number of anilines is 1. The molecule has 0 spiro atoms. The molecule has 2 heterocycles. The Morgan fingerprint density at radius 2 is 2.04 bits per heavy atom. The highest BCUT2D eigenvalue weighted by Crippen LogP contribution is 2.23. The number of carbonyl (C=O) groups is 3. The molecule has 2 aromatic heterocycles. The summed E-state index contributed by atoms with van der Waals surface area (Å²) in [6, 6.07) is 6.71. The Morgan fingerprint density at radius 3 is 2.62 bits per heavy atom. The molecule has 5 N–H and O–H groups in total. The Bertz CT molecular complexity index is 960. The van der Waals surface area contributed by atoms with E-state index in [0.29, 0.717) is 11.8 Å². The minimum Gasteiger partial charge on any atom is -0.477 e. The maximum atomic E-state index is 11.7. The van der Waals surface area contributed by atoms with Crippen LogP contribution in [-0.2, 0) is 20.7 Å². The first-order chi connectivity index (χ1) is 12.3. The molecular formula is C16H15N3O6S. The number of carboxylic acid groups (broad SMARTS) is 1. The molecule has 9 nitrogen and oxygen atoms in total. The molecule has 1 atom stereocenters. The van der Waals surface area contributed by atoms with Gasteiger partial charge in [-0.05, 0) is 23.8 Å². The van der Waals surface area contributed by atoms with E-state index in [2.05, 4.69) is 5.32 Å². The first-order valence-corrected chi connectivity index (χ1v) is 8.44. The van der Waals surface area contributed by atoms with Crippen LogP contribution in [0.5, 0.6) is 0 Å². The number of fused-ring (bicyclic) bond motifs is 1. The fourth-order valence-electron chi connectivity index (χ4n) is 2.28. The van der Waals surface area contributed by atoms with E-state index in [9.17, 15) is 23.7 Å². The van der Waals surface area contributed by atoms with Crippen LogP contribution in [-0.4, -0.2) is 42.2 Å². The van der Waals surface area contributed by atoms with Gasteiger partial charge in [0.25, 0.3) is 0 Å². The van der Waals surface area contributed by atoms with Gasteiger partial charge in [-0.3, -0.25) is 9.59 Å². The third kappa shape index (κ3) is 4.43. The van der Waals surface area contributed by atoms with Crippen molar-refractivity contribution in [2.45, 2.75) is 0 Å². The van der Waals surface area contributed by atoms with E-state index in [4.69, 9.17) is 10.3 Å². The number of primary amides is 1. The summed E-state index contributed by atoms with van der Waals surface area (Å²) >= 11 is -2.37. The summed E-state index contributed by atoms with van der Waals surface area (Å²) < 4.78 is 21.8. The van der Waals surface area contributed by atoms with Crippen molar-refractivity contribution in [2.75, 3.05) is 11.1 Å². The number of nitrogens with one attached hydrogen (secondary N) is 1. The zero-order valence-corrected chi connectivity index (χ0v) is 14.1. The average Bonchev–Trinajstić information content (AvgIpc) is 2.93. The molecule has 0 aliphatic carbocycles. The minimum absolute atomic E-state index is 0.139. The third-order valence-electron chi connectivity index (χ3n) is 3.34. The highest BCUT2D eigenvalue weighted by molar-refractivity contribution is 7.79. The SMILES string of the molecule is NC(=O)C=CC(CS(=O)O)=C(Nc1c(C=O)cc2ccccn12)C(=O)O. The van der Waals surface area contributed by atoms with Gasteiger partial charge in [-0.1, -0.05) is 12.1 Å². The summed E-state index contributed by atoms with van der Waals surface area (Å²) in [7, 11) is 0. The molecule has 0 aliphatic heterocycles. The number of rotatable bonds is 8. The van der Waals surface area contributed by atoms with Crippen LogP contribution < -0.4 is 11.1 Å². The predicted octanol–water partition coefficient (Wildman–Crippen LogP) is 0.766. The van der Waals surface area contributed by atoms with Crippen molar-refractivity contribution in [3.63, 3.8) is 0 Å². The first kappa shape index (κ1) is 19.1. The highest BCUT2D eigenvalue weighted by Gasteiger charge is 2.19. The van der Waals surface area contributed by atoms with Crippen molar-refractivity contribution in [2.24, 2.45) is 5.73 Å². The number of aliphatic carboxylic acids is 1. The van der Waals surface area contributed by atoms with Gasteiger partial charge in [-0.25, -0.2) is 9.00 Å². The normalized spacial score (nSPS) is 13.4. The maximum Gasteiger partial charge on any atom is 0.352 e. The van der Waals surface area contributed by atoms with Crippen molar-refractivity contribution in [1.29, 1.82) is 0 Å². The summed E-state index contributed by atoms with van der Waals surface area (Å²) in [5.74, 6) is -2.68. The predicted molar refractivity (Wildman–Crippen MR) is 95.0 cm³/mol. The van der Waals surface area contributed by atoms with Crippen LogP contribution in [0.25, 0.3) is 5.52 Å². The van der Waals surface area contributed by atoms with Gasteiger partial charge < -0.3 is 25.1 Å². The number of nitrogens with two attached hydrogens (primary N) is 1. The van der Waals surface area contributed by atoms with Crippen LogP contribution in [0, 0.1) is 0 Å². The zero-order valence-electron chi connectivity index (χ0n) is 13.3. The summed E-state index contributed by atoms with van der Waals surface area (Å²) in [6.07, 6.45) is 4.10. The van der Waals surface area contributed by atoms with Gasteiger partial charge in [0.1, 0.15) is 11.5 Å². The average molecular weight is 377 g/mol. The number of hydrogen-bond acceptors (Lipinski definition) is 5. The Hall–Kier alpha value is -3.24. The number of hydrogen-bond donors (Lipinski definition) is 4. The van der Waals surface area contributed by atoms with Gasteiger partial charge in [-0.2, -0.15) is 0 Å². The van der Waals surface area contributed by atoms with Crippen molar-refractivity contribution in [3.8, 4) is 0 Å². The lowest BCUT2D eigenvalue weighted by Gasteiger charge is -2.12. The van der Waals surface area contributed by atoms with E-state index in [1.807, 2.05) is 0 Å². The number of nitrogens with zero attached hydrogens (tertiary/aromatic N) is 1. The zero-order chi connectivity index (χ0) is 19.3. The van der Waals surface area contributed by atoms with Crippen LogP contribution >= 0.6 is 0 Å². The van der Waals surface area contributed by atoms with Crippen LogP contribution in [0.2, 0.25) is 0 Å². The van der Waals surface area contributed by atoms with Gasteiger partial charge in [0.05, 0.1) is 11.3 Å². The van der Waals surface area contributed by atoms with Crippen LogP contribution in [0.15, 0.2) is 53.9 Å². The third-order valence-corrected chi connectivity index (χ3v) is 3.90. The Labute approximate surface area is 150 Å². The molecule has 1 amide bonds. The molecule has 2 rings (SSSR count). The van der Waals surface area contributed by atoms with E-state index < -0.39 is 34.4 Å². The lowest BCUT2D eigenvalue weighted by atomic mass is 10.2. The number of allylic oxidation sites excluding steroid dienone is 1. The smallest absolute Gasteiger partial charge is 0.352 e. The van der Waals surface area contributed by atoms with E-state index in [1.54, 1.807) is 34.9 Å². The monoisotopic (exact) mass is 377 g/mol. The number of pyridine rings is 1. The maximum absolute atomic E-state index is 11.7. The number of carbonyl (C=O) groups excluding carboxylic acids is 2. The second-order valence-corrected chi connectivity index (χ2v) is 6.03. The Morgan fingerprint density at radius 1 is 1.31 bits per heavy atom. The molecule has 0 saturated heterocycles. The number of aromatic nitrogens is 1. The molecule has 1 unspecified atom stereocenters. The van der Waals surface area contributed by atoms with E-state index in [0.717, 1.165) is 12.2 Å². The number of aldehydes is 1. The van der Waals surface area contributed by atoms with Crippen LogP contribution in [0.4, 0.5) is 5.82 Å². The number of amides is 1. The Balaban J connectivity index is 2.62. The lowest BCUT2D eigenvalue weighted by Crippen LogP contribution is -2.18. The Kier molecular flexibility index (Phi) is 6.04.